The summed E-state index contributed by atoms with van der Waals surface area (Å²) in [6, 6.07) is 14.5. The van der Waals surface area contributed by atoms with Crippen molar-refractivity contribution in [2.75, 3.05) is 39.2 Å². The summed E-state index contributed by atoms with van der Waals surface area (Å²) in [7, 11) is 3.41. The summed E-state index contributed by atoms with van der Waals surface area (Å²) in [4.78, 5) is 20.3. The average molecular weight is 518 g/mol. The highest BCUT2D eigenvalue weighted by Gasteiger charge is 2.31. The fourth-order valence-electron chi connectivity index (χ4n) is 5.67. The molecule has 5 rings (SSSR count). The zero-order valence-electron chi connectivity index (χ0n) is 22.4. The van der Waals surface area contributed by atoms with Gasteiger partial charge < -0.3 is 30.0 Å². The molecule has 3 atom stereocenters. The molecular weight excluding hydrogens is 478 g/mol. The third-order valence-corrected chi connectivity index (χ3v) is 7.60. The van der Waals surface area contributed by atoms with Crippen LogP contribution in [0.15, 0.2) is 48.5 Å². The van der Waals surface area contributed by atoms with E-state index < -0.39 is 0 Å². The second kappa shape index (κ2) is 12.1. The minimum atomic E-state index is -0.215. The van der Waals surface area contributed by atoms with E-state index >= 15 is 0 Å². The maximum absolute atomic E-state index is 13.3. The Bertz CT molecular complexity index is 1290. The normalized spacial score (nSPS) is 19.8. The minimum absolute atomic E-state index is 0.128. The molecule has 2 aliphatic heterocycles. The number of carbonyl (C=O) groups is 1. The second-order valence-electron chi connectivity index (χ2n) is 10.4. The maximum atomic E-state index is 13.3. The van der Waals surface area contributed by atoms with Crippen LogP contribution in [0.3, 0.4) is 0 Å². The molecular formula is C30H39N5O3. The van der Waals surface area contributed by atoms with E-state index in [-0.39, 0.29) is 24.1 Å². The van der Waals surface area contributed by atoms with Crippen molar-refractivity contribution in [3.8, 4) is 0 Å². The van der Waals surface area contributed by atoms with Crippen LogP contribution >= 0.6 is 0 Å². The van der Waals surface area contributed by atoms with Gasteiger partial charge in [-0.2, -0.15) is 0 Å². The van der Waals surface area contributed by atoms with Gasteiger partial charge in [-0.05, 0) is 54.2 Å². The molecule has 8 nitrogen and oxygen atoms in total. The van der Waals surface area contributed by atoms with Crippen molar-refractivity contribution in [1.82, 2.24) is 14.5 Å². The van der Waals surface area contributed by atoms with Gasteiger partial charge in [0.25, 0.3) is 0 Å². The zero-order valence-corrected chi connectivity index (χ0v) is 22.4. The number of rotatable bonds is 10. The molecule has 2 unspecified atom stereocenters. The first-order chi connectivity index (χ1) is 18.6. The topological polar surface area (TPSA) is 94.6 Å². The number of ether oxygens (including phenoxy) is 2. The Balaban J connectivity index is 1.25. The Hall–Kier alpha value is -3.20. The van der Waals surface area contributed by atoms with E-state index in [0.29, 0.717) is 26.0 Å². The van der Waals surface area contributed by atoms with Gasteiger partial charge in [0.2, 0.25) is 5.91 Å². The molecule has 1 amide bonds. The molecule has 0 radical (unpaired) electrons. The smallest absolute Gasteiger partial charge is 0.224 e. The van der Waals surface area contributed by atoms with Crippen molar-refractivity contribution < 1.29 is 14.3 Å². The molecule has 202 valence electrons. The lowest BCUT2D eigenvalue weighted by Crippen LogP contribution is -2.42. The van der Waals surface area contributed by atoms with Crippen LogP contribution in [-0.4, -0.2) is 66.5 Å². The van der Waals surface area contributed by atoms with Crippen LogP contribution in [0, 0.1) is 0 Å². The highest BCUT2D eigenvalue weighted by Crippen LogP contribution is 2.33. The van der Waals surface area contributed by atoms with Crippen molar-refractivity contribution in [1.29, 1.82) is 0 Å². The molecule has 3 aromatic rings. The SMILES string of the molecule is COCCCn1c(C2CCCN(C(=O)C[C@H](N)Cc3ccc4ccccc4c3)C2)nc2c1NC(OC)C=C2. The van der Waals surface area contributed by atoms with Gasteiger partial charge in [-0.15, -0.1) is 0 Å². The highest BCUT2D eigenvalue weighted by molar-refractivity contribution is 5.83. The Kier molecular flexibility index (Phi) is 8.42. The largest absolute Gasteiger partial charge is 0.385 e. The van der Waals surface area contributed by atoms with E-state index in [2.05, 4.69) is 40.2 Å². The Morgan fingerprint density at radius 1 is 1.21 bits per heavy atom. The van der Waals surface area contributed by atoms with Gasteiger partial charge in [-0.25, -0.2) is 4.98 Å². The zero-order chi connectivity index (χ0) is 26.5. The number of fused-ring (bicyclic) bond motifs is 2. The lowest BCUT2D eigenvalue weighted by atomic mass is 9.95. The molecule has 3 N–H and O–H groups in total. The number of anilines is 1. The van der Waals surface area contributed by atoms with Gasteiger partial charge in [0.15, 0.2) is 0 Å². The summed E-state index contributed by atoms with van der Waals surface area (Å²) in [6.45, 7) is 2.91. The van der Waals surface area contributed by atoms with Crippen LogP contribution in [0.4, 0.5) is 5.82 Å². The lowest BCUT2D eigenvalue weighted by Gasteiger charge is -2.33. The Morgan fingerprint density at radius 3 is 2.87 bits per heavy atom. The summed E-state index contributed by atoms with van der Waals surface area (Å²) in [5.74, 6) is 2.31. The summed E-state index contributed by atoms with van der Waals surface area (Å²) in [5, 5.41) is 5.86. The molecule has 2 aromatic carbocycles. The number of methoxy groups -OCH3 is 2. The molecule has 2 aliphatic rings. The van der Waals surface area contributed by atoms with Gasteiger partial charge in [0.1, 0.15) is 23.6 Å². The number of nitrogens with two attached hydrogens (primary N) is 1. The van der Waals surface area contributed by atoms with E-state index in [1.54, 1.807) is 14.2 Å². The molecule has 0 spiro atoms. The van der Waals surface area contributed by atoms with Crippen LogP contribution in [0.2, 0.25) is 0 Å². The van der Waals surface area contributed by atoms with E-state index in [1.165, 1.54) is 16.3 Å². The number of hydrogen-bond donors (Lipinski definition) is 2. The van der Waals surface area contributed by atoms with E-state index in [0.717, 1.165) is 49.7 Å². The molecule has 1 saturated heterocycles. The van der Waals surface area contributed by atoms with Crippen molar-refractivity contribution >= 4 is 28.6 Å². The molecule has 0 aliphatic carbocycles. The molecule has 0 saturated carbocycles. The van der Waals surface area contributed by atoms with Crippen LogP contribution < -0.4 is 11.1 Å². The average Bonchev–Trinajstić information content (AvgIpc) is 3.30. The summed E-state index contributed by atoms with van der Waals surface area (Å²) in [6.07, 6.45) is 7.69. The number of amides is 1. The van der Waals surface area contributed by atoms with Gasteiger partial charge in [0, 0.05) is 58.8 Å². The Labute approximate surface area is 224 Å². The number of aromatic nitrogens is 2. The van der Waals surface area contributed by atoms with Crippen molar-refractivity contribution in [3.05, 3.63) is 65.6 Å². The summed E-state index contributed by atoms with van der Waals surface area (Å²) >= 11 is 0. The van der Waals surface area contributed by atoms with Crippen molar-refractivity contribution in [3.63, 3.8) is 0 Å². The highest BCUT2D eigenvalue weighted by atomic mass is 16.5. The molecule has 3 heterocycles. The van der Waals surface area contributed by atoms with Crippen molar-refractivity contribution in [2.45, 2.75) is 56.8 Å². The number of imidazole rings is 1. The fourth-order valence-corrected chi connectivity index (χ4v) is 5.67. The quantitative estimate of drug-likeness (QED) is 0.393. The standard InChI is InChI=1S/C30H39N5O3/c1-37-16-6-15-35-29(32-26-12-13-27(38-2)33-30(26)35)24-9-5-14-34(20-24)28(36)19-25(31)18-21-10-11-22-7-3-4-8-23(22)17-21/h3-4,7-8,10-13,17,24-25,27,33H,5-6,9,14-16,18-20,31H2,1-2H3/t24?,25-,27?/m1/s1. The number of likely N-dealkylation sites (tertiary alicyclic amines) is 1. The van der Waals surface area contributed by atoms with Crippen LogP contribution in [0.5, 0.6) is 0 Å². The van der Waals surface area contributed by atoms with E-state index in [9.17, 15) is 4.79 Å². The fraction of sp³-hybridized carbons (Fsp3) is 0.467. The first kappa shape index (κ1) is 26.4. The van der Waals surface area contributed by atoms with Crippen LogP contribution in [0.25, 0.3) is 16.8 Å². The second-order valence-corrected chi connectivity index (χ2v) is 10.4. The number of nitrogens with zero attached hydrogens (tertiary/aromatic N) is 3. The number of carbonyl (C=O) groups excluding carboxylic acids is 1. The third-order valence-electron chi connectivity index (χ3n) is 7.60. The van der Waals surface area contributed by atoms with Gasteiger partial charge in [-0.3, -0.25) is 4.79 Å². The number of piperidine rings is 1. The number of benzene rings is 2. The molecule has 38 heavy (non-hydrogen) atoms. The molecule has 0 bridgehead atoms. The van der Waals surface area contributed by atoms with E-state index in [4.69, 9.17) is 20.2 Å². The van der Waals surface area contributed by atoms with Crippen LogP contribution in [0.1, 0.15) is 48.7 Å². The van der Waals surface area contributed by atoms with Gasteiger partial charge in [-0.1, -0.05) is 42.5 Å². The molecule has 1 fully saturated rings. The minimum Gasteiger partial charge on any atom is -0.385 e. The first-order valence-corrected chi connectivity index (χ1v) is 13.6. The predicted octanol–water partition coefficient (Wildman–Crippen LogP) is 4.15. The maximum Gasteiger partial charge on any atom is 0.224 e. The monoisotopic (exact) mass is 517 g/mol. The van der Waals surface area contributed by atoms with E-state index in [1.807, 2.05) is 29.2 Å². The van der Waals surface area contributed by atoms with Gasteiger partial charge in [0.05, 0.1) is 0 Å². The summed E-state index contributed by atoms with van der Waals surface area (Å²) in [5.41, 5.74) is 8.57. The Morgan fingerprint density at radius 2 is 2.05 bits per heavy atom. The first-order valence-electron chi connectivity index (χ1n) is 13.6. The number of nitrogens with one attached hydrogen (secondary N) is 1. The molecule has 1 aromatic heterocycles. The number of hydrogen-bond acceptors (Lipinski definition) is 6. The predicted molar refractivity (Wildman–Crippen MR) is 151 cm³/mol. The van der Waals surface area contributed by atoms with Crippen molar-refractivity contribution in [2.24, 2.45) is 5.73 Å². The molecule has 8 heteroatoms. The lowest BCUT2D eigenvalue weighted by molar-refractivity contribution is -0.132. The van der Waals surface area contributed by atoms with Crippen LogP contribution in [-0.2, 0) is 27.2 Å². The van der Waals surface area contributed by atoms with Gasteiger partial charge >= 0.3 is 0 Å². The third kappa shape index (κ3) is 5.93. The summed E-state index contributed by atoms with van der Waals surface area (Å²) < 4.78 is 13.1.